The number of amides is 1. The summed E-state index contributed by atoms with van der Waals surface area (Å²) >= 11 is 0. The Hall–Kier alpha value is -3.02. The number of aliphatic hydroxyl groups is 1. The molecule has 0 atom stereocenters. The maximum Gasteiger partial charge on any atom is 0.246 e. The van der Waals surface area contributed by atoms with Crippen LogP contribution in [-0.4, -0.2) is 59.6 Å². The Kier molecular flexibility index (Phi) is 12.7. The third-order valence-electron chi connectivity index (χ3n) is 5.56. The Morgan fingerprint density at radius 3 is 2.61 bits per heavy atom. The van der Waals surface area contributed by atoms with Crippen LogP contribution in [0.2, 0.25) is 0 Å². The SMILES string of the molecule is C/C=C\C/C=C(\C)N(CC)CCCN(C)C(=O)/C=C/C=C(\O)c1cc(CC)c(OC)nc1C. The first-order valence-corrected chi connectivity index (χ1v) is 11.7. The summed E-state index contributed by atoms with van der Waals surface area (Å²) in [7, 11) is 3.39. The number of carbonyl (C=O) groups excluding carboxylic acids is 1. The van der Waals surface area contributed by atoms with Crippen molar-refractivity contribution in [1.29, 1.82) is 0 Å². The normalized spacial score (nSPS) is 12.6. The van der Waals surface area contributed by atoms with Gasteiger partial charge < -0.3 is 19.6 Å². The van der Waals surface area contributed by atoms with Crippen LogP contribution >= 0.6 is 0 Å². The van der Waals surface area contributed by atoms with Crippen molar-refractivity contribution in [3.63, 3.8) is 0 Å². The lowest BCUT2D eigenvalue weighted by Crippen LogP contribution is -2.30. The molecule has 0 saturated carbocycles. The van der Waals surface area contributed by atoms with Crippen LogP contribution in [0.1, 0.15) is 57.4 Å². The van der Waals surface area contributed by atoms with Crippen molar-refractivity contribution < 1.29 is 14.6 Å². The minimum absolute atomic E-state index is 0.0721. The lowest BCUT2D eigenvalue weighted by Gasteiger charge is -2.25. The molecule has 0 bridgehead atoms. The van der Waals surface area contributed by atoms with E-state index < -0.39 is 0 Å². The molecule has 0 aromatic carbocycles. The first-order chi connectivity index (χ1) is 15.8. The van der Waals surface area contributed by atoms with E-state index in [1.165, 1.54) is 17.8 Å². The van der Waals surface area contributed by atoms with Gasteiger partial charge in [0.05, 0.1) is 12.8 Å². The predicted octanol–water partition coefficient (Wildman–Crippen LogP) is 5.46. The molecule has 1 N–H and O–H groups in total. The molecule has 0 spiro atoms. The Morgan fingerprint density at radius 2 is 2.00 bits per heavy atom. The van der Waals surface area contributed by atoms with Gasteiger partial charge >= 0.3 is 0 Å². The van der Waals surface area contributed by atoms with E-state index in [4.69, 9.17) is 4.74 Å². The lowest BCUT2D eigenvalue weighted by molar-refractivity contribution is -0.124. The Labute approximate surface area is 200 Å². The van der Waals surface area contributed by atoms with Gasteiger partial charge in [-0.05, 0) is 59.1 Å². The number of aromatic nitrogens is 1. The molecule has 0 aliphatic heterocycles. The van der Waals surface area contributed by atoms with Crippen molar-refractivity contribution in [2.24, 2.45) is 0 Å². The number of aryl methyl sites for hydroxylation is 2. The summed E-state index contributed by atoms with van der Waals surface area (Å²) < 4.78 is 5.29. The largest absolute Gasteiger partial charge is 0.507 e. The molecule has 6 heteroatoms. The van der Waals surface area contributed by atoms with Crippen molar-refractivity contribution in [1.82, 2.24) is 14.8 Å². The van der Waals surface area contributed by atoms with Gasteiger partial charge in [0.1, 0.15) is 5.76 Å². The topological polar surface area (TPSA) is 65.9 Å². The second-order valence-corrected chi connectivity index (χ2v) is 7.90. The summed E-state index contributed by atoms with van der Waals surface area (Å²) in [4.78, 5) is 20.9. The second-order valence-electron chi connectivity index (χ2n) is 7.90. The molecule has 33 heavy (non-hydrogen) atoms. The van der Waals surface area contributed by atoms with Crippen LogP contribution < -0.4 is 4.74 Å². The van der Waals surface area contributed by atoms with Gasteiger partial charge in [-0.3, -0.25) is 4.79 Å². The molecule has 0 fully saturated rings. The summed E-state index contributed by atoms with van der Waals surface area (Å²) in [6.07, 6.45) is 13.6. The molecule has 0 saturated heterocycles. The zero-order valence-corrected chi connectivity index (χ0v) is 21.4. The van der Waals surface area contributed by atoms with E-state index in [2.05, 4.69) is 42.0 Å². The van der Waals surface area contributed by atoms with Gasteiger partial charge in [0, 0.05) is 49.6 Å². The molecular formula is C27H41N3O3. The average Bonchev–Trinajstić information content (AvgIpc) is 2.81. The number of aliphatic hydroxyl groups excluding tert-OH is 1. The maximum atomic E-state index is 12.4. The van der Waals surface area contributed by atoms with Crippen LogP contribution in [-0.2, 0) is 11.2 Å². The minimum atomic E-state index is -0.0960. The highest BCUT2D eigenvalue weighted by molar-refractivity contribution is 5.87. The summed E-state index contributed by atoms with van der Waals surface area (Å²) in [5.41, 5.74) is 3.49. The van der Waals surface area contributed by atoms with E-state index in [-0.39, 0.29) is 11.7 Å². The standard InChI is InChI=1S/C27H41N3O3/c1-8-11-12-15-21(4)30(10-3)19-14-18-29(6)26(32)17-13-16-25(31)24-20-23(9-2)27(33-7)28-22(24)5/h8,11,13,15-17,20,31H,9-10,12,14,18-19H2,1-7H3/b11-8-,17-13+,21-15+,25-16-. The highest BCUT2D eigenvalue weighted by Gasteiger charge is 2.11. The van der Waals surface area contributed by atoms with Gasteiger partial charge in [-0.2, -0.15) is 0 Å². The van der Waals surface area contributed by atoms with Gasteiger partial charge in [-0.15, -0.1) is 0 Å². The van der Waals surface area contributed by atoms with E-state index in [9.17, 15) is 9.90 Å². The number of rotatable bonds is 13. The minimum Gasteiger partial charge on any atom is -0.507 e. The number of pyridine rings is 1. The number of allylic oxidation sites excluding steroid dienone is 6. The molecule has 1 heterocycles. The Bertz CT molecular complexity index is 885. The van der Waals surface area contributed by atoms with Crippen LogP contribution in [0.25, 0.3) is 5.76 Å². The molecule has 6 nitrogen and oxygen atoms in total. The number of methoxy groups -OCH3 is 1. The molecule has 182 valence electrons. The molecule has 1 rings (SSSR count). The molecule has 0 radical (unpaired) electrons. The molecular weight excluding hydrogens is 414 g/mol. The number of ether oxygens (including phenoxy) is 1. The van der Waals surface area contributed by atoms with Crippen LogP contribution in [0.4, 0.5) is 0 Å². The van der Waals surface area contributed by atoms with Gasteiger partial charge in [-0.25, -0.2) is 4.98 Å². The molecule has 1 amide bonds. The Balaban J connectivity index is 2.67. The zero-order valence-electron chi connectivity index (χ0n) is 21.4. The van der Waals surface area contributed by atoms with E-state index in [1.807, 2.05) is 26.8 Å². The van der Waals surface area contributed by atoms with E-state index in [1.54, 1.807) is 25.1 Å². The van der Waals surface area contributed by atoms with Crippen molar-refractivity contribution >= 4 is 11.7 Å². The summed E-state index contributed by atoms with van der Waals surface area (Å²) in [6, 6.07) is 1.88. The summed E-state index contributed by atoms with van der Waals surface area (Å²) in [5.74, 6) is 0.549. The highest BCUT2D eigenvalue weighted by atomic mass is 16.5. The molecule has 1 aromatic heterocycles. The van der Waals surface area contributed by atoms with Gasteiger partial charge in [0.15, 0.2) is 0 Å². The number of hydrogen-bond acceptors (Lipinski definition) is 5. The van der Waals surface area contributed by atoms with Crippen molar-refractivity contribution in [3.8, 4) is 5.88 Å². The van der Waals surface area contributed by atoms with E-state index in [0.717, 1.165) is 37.9 Å². The van der Waals surface area contributed by atoms with Crippen LogP contribution in [0, 0.1) is 6.92 Å². The fourth-order valence-corrected chi connectivity index (χ4v) is 3.45. The predicted molar refractivity (Wildman–Crippen MR) is 137 cm³/mol. The fourth-order valence-electron chi connectivity index (χ4n) is 3.45. The monoisotopic (exact) mass is 455 g/mol. The van der Waals surface area contributed by atoms with Crippen molar-refractivity contribution in [3.05, 3.63) is 65.0 Å². The van der Waals surface area contributed by atoms with Crippen LogP contribution in [0.3, 0.4) is 0 Å². The Morgan fingerprint density at radius 1 is 1.27 bits per heavy atom. The van der Waals surface area contributed by atoms with E-state index >= 15 is 0 Å². The van der Waals surface area contributed by atoms with Crippen molar-refractivity contribution in [2.75, 3.05) is 33.8 Å². The number of carbonyl (C=O) groups is 1. The van der Waals surface area contributed by atoms with Gasteiger partial charge in [-0.1, -0.05) is 31.2 Å². The summed E-state index contributed by atoms with van der Waals surface area (Å²) in [5, 5.41) is 10.5. The molecule has 0 unspecified atom stereocenters. The average molecular weight is 456 g/mol. The van der Waals surface area contributed by atoms with Gasteiger partial charge in [0.25, 0.3) is 0 Å². The second kappa shape index (κ2) is 14.9. The zero-order chi connectivity index (χ0) is 24.8. The fraction of sp³-hybridized carbons (Fsp3) is 0.481. The first kappa shape index (κ1) is 28.0. The number of hydrogen-bond donors (Lipinski definition) is 1. The lowest BCUT2D eigenvalue weighted by atomic mass is 10.1. The first-order valence-electron chi connectivity index (χ1n) is 11.7. The summed E-state index contributed by atoms with van der Waals surface area (Å²) in [6.45, 7) is 12.6. The van der Waals surface area contributed by atoms with Crippen LogP contribution in [0.15, 0.2) is 48.2 Å². The molecule has 1 aromatic rings. The van der Waals surface area contributed by atoms with Gasteiger partial charge in [0.2, 0.25) is 11.8 Å². The van der Waals surface area contributed by atoms with Crippen molar-refractivity contribution in [2.45, 2.75) is 53.9 Å². The smallest absolute Gasteiger partial charge is 0.246 e. The van der Waals surface area contributed by atoms with Crippen LogP contribution in [0.5, 0.6) is 5.88 Å². The number of nitrogens with zero attached hydrogens (tertiary/aromatic N) is 3. The third-order valence-corrected chi connectivity index (χ3v) is 5.56. The van der Waals surface area contributed by atoms with E-state index in [0.29, 0.717) is 23.7 Å². The highest BCUT2D eigenvalue weighted by Crippen LogP contribution is 2.24. The molecule has 0 aliphatic carbocycles. The quantitative estimate of drug-likeness (QED) is 0.185. The molecule has 0 aliphatic rings. The number of likely N-dealkylation sites (N-methyl/N-ethyl adjacent to an activating group) is 1. The maximum absolute atomic E-state index is 12.4. The third kappa shape index (κ3) is 9.16.